The van der Waals surface area contributed by atoms with Gasteiger partial charge in [0.1, 0.15) is 0 Å². The standard InChI is InChI=1S/2C8H11O.2ClH.Zr/c2*1-9-7-6-8-4-2-3-5-8;;;/h2*2,4H,3,6-7H2,1H3;2*1H;/q;;;;+2/p-2. The molecule has 0 aromatic carbocycles. The van der Waals surface area contributed by atoms with Crippen LogP contribution in [0, 0.1) is 0 Å². The number of methoxy groups -OCH3 is 2. The summed E-state index contributed by atoms with van der Waals surface area (Å²) in [6, 6.07) is 0. The van der Waals surface area contributed by atoms with Gasteiger partial charge in [0.05, 0.1) is 0 Å². The van der Waals surface area contributed by atoms with Crippen molar-refractivity contribution < 1.29 is 57.5 Å². The van der Waals surface area contributed by atoms with E-state index in [2.05, 4.69) is 24.3 Å². The van der Waals surface area contributed by atoms with Crippen LogP contribution in [0.25, 0.3) is 0 Å². The molecule has 0 unspecified atom stereocenters. The molecule has 5 heteroatoms. The van der Waals surface area contributed by atoms with E-state index in [1.54, 1.807) is 31.9 Å². The fourth-order valence-corrected chi connectivity index (χ4v) is 6.23. The van der Waals surface area contributed by atoms with Gasteiger partial charge in [0.25, 0.3) is 0 Å². The number of ether oxygens (including phenoxy) is 2. The molecule has 2 aliphatic carbocycles. The molecule has 0 aromatic heterocycles. The van der Waals surface area contributed by atoms with Gasteiger partial charge in [-0.1, -0.05) is 0 Å². The van der Waals surface area contributed by atoms with Gasteiger partial charge in [0.15, 0.2) is 0 Å². The van der Waals surface area contributed by atoms with Crippen molar-refractivity contribution in [2.24, 2.45) is 0 Å². The van der Waals surface area contributed by atoms with E-state index in [9.17, 15) is 0 Å². The predicted molar refractivity (Wildman–Crippen MR) is 74.6 cm³/mol. The molecule has 0 saturated carbocycles. The van der Waals surface area contributed by atoms with Crippen LogP contribution >= 0.6 is 0 Å². The zero-order chi connectivity index (χ0) is 13.5. The largest absolute Gasteiger partial charge is 1.00 e. The number of hydrogen-bond donors (Lipinski definition) is 0. The summed E-state index contributed by atoms with van der Waals surface area (Å²) in [6.07, 6.45) is 13.8. The Hall–Kier alpha value is 0.343. The molecule has 0 amide bonds. The van der Waals surface area contributed by atoms with E-state index in [-0.39, 0.29) is 24.8 Å². The molecule has 0 fully saturated rings. The zero-order valence-corrected chi connectivity index (χ0v) is 16.6. The number of hydrogen-bond acceptors (Lipinski definition) is 2. The molecule has 0 aliphatic heterocycles. The molecule has 0 saturated heterocycles. The summed E-state index contributed by atoms with van der Waals surface area (Å²) in [7, 11) is 3.57. The molecule has 2 nitrogen and oxygen atoms in total. The zero-order valence-electron chi connectivity index (χ0n) is 12.6. The van der Waals surface area contributed by atoms with Crippen LogP contribution in [-0.4, -0.2) is 27.4 Å². The first-order valence-corrected chi connectivity index (χ1v) is 9.33. The maximum absolute atomic E-state index is 5.21. The summed E-state index contributed by atoms with van der Waals surface area (Å²) >= 11 is -0.574. The van der Waals surface area contributed by atoms with E-state index >= 15 is 0 Å². The Morgan fingerprint density at radius 3 is 1.67 bits per heavy atom. The van der Waals surface area contributed by atoms with Gasteiger partial charge in [-0.15, -0.1) is 0 Å². The third-order valence-electron chi connectivity index (χ3n) is 3.51. The van der Waals surface area contributed by atoms with Crippen molar-refractivity contribution in [1.29, 1.82) is 0 Å². The van der Waals surface area contributed by atoms with Crippen LogP contribution in [0.15, 0.2) is 42.0 Å². The second-order valence-electron chi connectivity index (χ2n) is 4.83. The monoisotopic (exact) mass is 406 g/mol. The molecular formula is C16H22Cl2O2Zr. The summed E-state index contributed by atoms with van der Waals surface area (Å²) < 4.78 is 13.9. The third kappa shape index (κ3) is 6.54. The van der Waals surface area contributed by atoms with Crippen LogP contribution in [0.1, 0.15) is 25.7 Å². The van der Waals surface area contributed by atoms with E-state index in [1.165, 1.54) is 12.8 Å². The minimum atomic E-state index is -0.574. The summed E-state index contributed by atoms with van der Waals surface area (Å²) in [4.78, 5) is 0. The third-order valence-corrected chi connectivity index (χ3v) is 7.58. The quantitative estimate of drug-likeness (QED) is 0.445. The molecule has 2 rings (SSSR count). The van der Waals surface area contributed by atoms with Crippen LogP contribution in [0.3, 0.4) is 0 Å². The second-order valence-corrected chi connectivity index (χ2v) is 8.41. The Morgan fingerprint density at radius 2 is 1.29 bits per heavy atom. The average Bonchev–Trinajstić information content (AvgIpc) is 3.04. The Morgan fingerprint density at radius 1 is 0.857 bits per heavy atom. The van der Waals surface area contributed by atoms with Gasteiger partial charge < -0.3 is 24.8 Å². The summed E-state index contributed by atoms with van der Waals surface area (Å²) in [5.74, 6) is 0. The van der Waals surface area contributed by atoms with Crippen LogP contribution in [0.5, 0.6) is 0 Å². The molecule has 0 spiro atoms. The van der Waals surface area contributed by atoms with Crippen LogP contribution in [0.4, 0.5) is 0 Å². The maximum atomic E-state index is 5.21. The van der Waals surface area contributed by atoms with E-state index in [1.807, 2.05) is 0 Å². The maximum Gasteiger partial charge on any atom is -1.00 e. The van der Waals surface area contributed by atoms with E-state index in [0.29, 0.717) is 0 Å². The first-order chi connectivity index (χ1) is 9.35. The molecule has 0 bridgehead atoms. The topological polar surface area (TPSA) is 18.5 Å². The van der Waals surface area contributed by atoms with Crippen molar-refractivity contribution in [1.82, 2.24) is 0 Å². The van der Waals surface area contributed by atoms with Crippen molar-refractivity contribution in [3.05, 3.63) is 42.0 Å². The summed E-state index contributed by atoms with van der Waals surface area (Å²) in [6.45, 7) is 1.69. The minimum absolute atomic E-state index is 0. The van der Waals surface area contributed by atoms with Crippen molar-refractivity contribution in [2.45, 2.75) is 25.7 Å². The number of halogens is 2. The molecule has 0 radical (unpaired) electrons. The Kier molecular flexibility index (Phi) is 12.0. The fraction of sp³-hybridized carbons (Fsp3) is 0.500. The van der Waals surface area contributed by atoms with E-state index in [0.717, 1.165) is 26.1 Å². The van der Waals surface area contributed by atoms with Gasteiger partial charge in [-0.3, -0.25) is 0 Å². The normalized spacial score (nSPS) is 16.1. The van der Waals surface area contributed by atoms with Gasteiger partial charge in [-0.25, -0.2) is 0 Å². The van der Waals surface area contributed by atoms with E-state index in [4.69, 9.17) is 9.47 Å². The molecule has 116 valence electrons. The molecule has 0 heterocycles. The van der Waals surface area contributed by atoms with E-state index < -0.39 is 23.2 Å². The van der Waals surface area contributed by atoms with Gasteiger partial charge in [0, 0.05) is 0 Å². The number of allylic oxidation sites excluding steroid dienone is 6. The predicted octanol–water partition coefficient (Wildman–Crippen LogP) is -2.42. The van der Waals surface area contributed by atoms with Crippen molar-refractivity contribution in [3.8, 4) is 0 Å². The van der Waals surface area contributed by atoms with Crippen molar-refractivity contribution >= 4 is 0 Å². The van der Waals surface area contributed by atoms with Crippen LogP contribution < -0.4 is 24.8 Å². The Labute approximate surface area is 152 Å². The molecule has 0 N–H and O–H groups in total. The van der Waals surface area contributed by atoms with Crippen LogP contribution in [-0.2, 0) is 32.7 Å². The minimum Gasteiger partial charge on any atom is -1.00 e. The van der Waals surface area contributed by atoms with Crippen molar-refractivity contribution in [2.75, 3.05) is 27.4 Å². The second kappa shape index (κ2) is 11.9. The molecule has 2 aliphatic rings. The summed E-state index contributed by atoms with van der Waals surface area (Å²) in [5.41, 5.74) is 3.11. The molecule has 21 heavy (non-hydrogen) atoms. The average molecular weight is 408 g/mol. The van der Waals surface area contributed by atoms with Gasteiger partial charge in [0.2, 0.25) is 0 Å². The smallest absolute Gasteiger partial charge is 1.00 e. The fourth-order valence-electron chi connectivity index (χ4n) is 2.44. The summed E-state index contributed by atoms with van der Waals surface area (Å²) in [5, 5.41) is 0. The molecular weight excluding hydrogens is 386 g/mol. The van der Waals surface area contributed by atoms with Crippen LogP contribution in [0.2, 0.25) is 0 Å². The first-order valence-electron chi connectivity index (χ1n) is 6.87. The van der Waals surface area contributed by atoms with Gasteiger partial charge in [-0.05, 0) is 0 Å². The van der Waals surface area contributed by atoms with Gasteiger partial charge >= 0.3 is 128 Å². The first kappa shape index (κ1) is 21.3. The molecule has 0 aromatic rings. The Bertz CT molecular complexity index is 400. The van der Waals surface area contributed by atoms with Gasteiger partial charge in [-0.2, -0.15) is 0 Å². The van der Waals surface area contributed by atoms with Crippen molar-refractivity contribution in [3.63, 3.8) is 0 Å². The number of rotatable bonds is 8. The molecule has 0 atom stereocenters. The Balaban J connectivity index is 0.00000200. The SMILES string of the molecule is COCCC1=[C]([Zr+2][C]2=C(CCOC)C=CC2)CC=C1.[Cl-].[Cl-].